The average Bonchev–Trinajstić information content (AvgIpc) is 3.35. The van der Waals surface area contributed by atoms with Crippen LogP contribution in [0.25, 0.3) is 10.2 Å². The zero-order valence-electron chi connectivity index (χ0n) is 18.1. The van der Waals surface area contributed by atoms with Gasteiger partial charge in [-0.1, -0.05) is 29.4 Å². The minimum Gasteiger partial charge on any atom is -0.489 e. The van der Waals surface area contributed by atoms with Crippen molar-refractivity contribution in [3.8, 4) is 5.75 Å². The van der Waals surface area contributed by atoms with E-state index in [0.29, 0.717) is 13.0 Å². The number of carbonyl (C=O) groups is 1. The summed E-state index contributed by atoms with van der Waals surface area (Å²) in [5.74, 6) is 1.56. The number of aromatic nitrogens is 2. The van der Waals surface area contributed by atoms with Gasteiger partial charge < -0.3 is 14.2 Å². The van der Waals surface area contributed by atoms with Crippen LogP contribution < -0.4 is 4.74 Å². The van der Waals surface area contributed by atoms with Gasteiger partial charge in [-0.25, -0.2) is 4.98 Å². The summed E-state index contributed by atoms with van der Waals surface area (Å²) in [7, 11) is 1.83. The fourth-order valence-electron chi connectivity index (χ4n) is 3.32. The summed E-state index contributed by atoms with van der Waals surface area (Å²) in [6.45, 7) is 6.19. The number of para-hydroxylation sites is 1. The maximum Gasteiger partial charge on any atom is 0.227 e. The van der Waals surface area contributed by atoms with Gasteiger partial charge in [-0.2, -0.15) is 0 Å². The number of ether oxygens (including phenoxy) is 1. The topological polar surface area (TPSA) is 68.5 Å². The second-order valence-electron chi connectivity index (χ2n) is 7.61. The van der Waals surface area contributed by atoms with Gasteiger partial charge in [-0.05, 0) is 50.6 Å². The van der Waals surface area contributed by atoms with Crippen LogP contribution >= 0.6 is 11.3 Å². The molecule has 1 amide bonds. The maximum absolute atomic E-state index is 12.8. The SMILES string of the molecule is Cc1noc(C)c1COc1ccc(CC(=O)N(C)[C@@H](C)c2nc3ccccc3s2)cc1. The van der Waals surface area contributed by atoms with Crippen molar-refractivity contribution < 1.29 is 14.1 Å². The first kappa shape index (κ1) is 21.1. The summed E-state index contributed by atoms with van der Waals surface area (Å²) in [4.78, 5) is 19.3. The first-order valence-corrected chi connectivity index (χ1v) is 11.0. The lowest BCUT2D eigenvalue weighted by Gasteiger charge is -2.23. The lowest BCUT2D eigenvalue weighted by atomic mass is 10.1. The molecule has 0 unspecified atom stereocenters. The quantitative estimate of drug-likeness (QED) is 0.397. The fraction of sp³-hybridized carbons (Fsp3) is 0.292. The molecule has 0 aliphatic rings. The Balaban J connectivity index is 1.36. The third-order valence-electron chi connectivity index (χ3n) is 5.49. The zero-order valence-corrected chi connectivity index (χ0v) is 18.9. The van der Waals surface area contributed by atoms with E-state index in [9.17, 15) is 4.79 Å². The number of hydrogen-bond acceptors (Lipinski definition) is 6. The molecule has 0 fully saturated rings. The summed E-state index contributed by atoms with van der Waals surface area (Å²) < 4.78 is 12.1. The zero-order chi connectivity index (χ0) is 22.0. The number of thiazole rings is 1. The molecule has 7 heteroatoms. The molecule has 2 heterocycles. The number of carbonyl (C=O) groups excluding carboxylic acids is 1. The molecule has 2 aromatic heterocycles. The molecule has 6 nitrogen and oxygen atoms in total. The van der Waals surface area contributed by atoms with Crippen molar-refractivity contribution in [1.29, 1.82) is 0 Å². The molecule has 0 radical (unpaired) electrons. The third kappa shape index (κ3) is 4.61. The van der Waals surface area contributed by atoms with Gasteiger partial charge in [0, 0.05) is 7.05 Å². The Bertz CT molecular complexity index is 1140. The second-order valence-corrected chi connectivity index (χ2v) is 8.67. The van der Waals surface area contributed by atoms with Crippen molar-refractivity contribution in [1.82, 2.24) is 15.0 Å². The van der Waals surface area contributed by atoms with Crippen molar-refractivity contribution in [2.75, 3.05) is 7.05 Å². The Kier molecular flexibility index (Phi) is 6.04. The highest BCUT2D eigenvalue weighted by Crippen LogP contribution is 2.29. The van der Waals surface area contributed by atoms with Crippen LogP contribution in [0.5, 0.6) is 5.75 Å². The highest BCUT2D eigenvalue weighted by Gasteiger charge is 2.21. The summed E-state index contributed by atoms with van der Waals surface area (Å²) in [5, 5.41) is 4.88. The van der Waals surface area contributed by atoms with Gasteiger partial charge in [0.15, 0.2) is 0 Å². The Morgan fingerprint density at radius 3 is 2.58 bits per heavy atom. The maximum atomic E-state index is 12.8. The third-order valence-corrected chi connectivity index (χ3v) is 6.69. The summed E-state index contributed by atoms with van der Waals surface area (Å²) in [5.41, 5.74) is 3.72. The van der Waals surface area contributed by atoms with E-state index in [0.717, 1.165) is 43.6 Å². The minimum absolute atomic E-state index is 0.0520. The van der Waals surface area contributed by atoms with Crippen molar-refractivity contribution in [2.45, 2.75) is 39.8 Å². The monoisotopic (exact) mass is 435 g/mol. The van der Waals surface area contributed by atoms with Crippen LogP contribution in [0.2, 0.25) is 0 Å². The van der Waals surface area contributed by atoms with Crippen LogP contribution in [-0.2, 0) is 17.8 Å². The smallest absolute Gasteiger partial charge is 0.227 e. The van der Waals surface area contributed by atoms with Crippen molar-refractivity contribution in [3.63, 3.8) is 0 Å². The highest BCUT2D eigenvalue weighted by atomic mass is 32.1. The summed E-state index contributed by atoms with van der Waals surface area (Å²) in [6, 6.07) is 15.6. The largest absolute Gasteiger partial charge is 0.489 e. The van der Waals surface area contributed by atoms with Gasteiger partial charge in [-0.3, -0.25) is 4.79 Å². The van der Waals surface area contributed by atoms with Gasteiger partial charge in [0.2, 0.25) is 5.91 Å². The van der Waals surface area contributed by atoms with Crippen molar-refractivity contribution in [2.24, 2.45) is 0 Å². The Labute approximate surface area is 185 Å². The van der Waals surface area contributed by atoms with Crippen LogP contribution in [0.1, 0.15) is 40.6 Å². The van der Waals surface area contributed by atoms with E-state index in [1.54, 1.807) is 16.2 Å². The lowest BCUT2D eigenvalue weighted by molar-refractivity contribution is -0.131. The molecule has 4 aromatic rings. The molecule has 0 saturated carbocycles. The molecule has 0 aliphatic carbocycles. The Morgan fingerprint density at radius 2 is 1.90 bits per heavy atom. The molecule has 0 spiro atoms. The first-order valence-electron chi connectivity index (χ1n) is 10.2. The molecule has 0 bridgehead atoms. The Hall–Kier alpha value is -3.19. The van der Waals surface area contributed by atoms with Gasteiger partial charge in [-0.15, -0.1) is 11.3 Å². The number of likely N-dealkylation sites (N-methyl/N-ethyl adjacent to an activating group) is 1. The van der Waals surface area contributed by atoms with E-state index in [2.05, 4.69) is 16.2 Å². The molecule has 0 aliphatic heterocycles. The molecule has 160 valence electrons. The molecular formula is C24H25N3O3S. The van der Waals surface area contributed by atoms with Gasteiger partial charge >= 0.3 is 0 Å². The van der Waals surface area contributed by atoms with Gasteiger partial charge in [0.05, 0.1) is 33.9 Å². The number of nitrogens with zero attached hydrogens (tertiary/aromatic N) is 3. The van der Waals surface area contributed by atoms with E-state index in [4.69, 9.17) is 9.26 Å². The van der Waals surface area contributed by atoms with E-state index in [-0.39, 0.29) is 11.9 Å². The number of hydrogen-bond donors (Lipinski definition) is 0. The normalized spacial score (nSPS) is 12.1. The van der Waals surface area contributed by atoms with Crippen molar-refractivity contribution >= 4 is 27.5 Å². The standard InChI is InChI=1S/C24H25N3O3S/c1-15-20(17(3)30-26-15)14-29-19-11-9-18(10-12-19)13-23(28)27(4)16(2)24-25-21-7-5-6-8-22(21)31-24/h5-12,16H,13-14H2,1-4H3/t16-/m0/s1. The number of benzene rings is 2. The molecule has 0 N–H and O–H groups in total. The lowest BCUT2D eigenvalue weighted by Crippen LogP contribution is -2.30. The van der Waals surface area contributed by atoms with E-state index in [1.807, 2.05) is 70.3 Å². The number of rotatable bonds is 7. The highest BCUT2D eigenvalue weighted by molar-refractivity contribution is 7.18. The number of fused-ring (bicyclic) bond motifs is 1. The minimum atomic E-state index is -0.0810. The van der Waals surface area contributed by atoms with Crippen LogP contribution in [0.15, 0.2) is 53.1 Å². The first-order chi connectivity index (χ1) is 14.9. The van der Waals surface area contributed by atoms with Crippen LogP contribution in [0.4, 0.5) is 0 Å². The van der Waals surface area contributed by atoms with Crippen molar-refractivity contribution in [3.05, 3.63) is 76.1 Å². The van der Waals surface area contributed by atoms with Gasteiger partial charge in [0.25, 0.3) is 0 Å². The molecule has 0 saturated heterocycles. The molecule has 2 aromatic carbocycles. The average molecular weight is 436 g/mol. The molecule has 1 atom stereocenters. The summed E-state index contributed by atoms with van der Waals surface area (Å²) in [6.07, 6.45) is 0.329. The number of amides is 1. The van der Waals surface area contributed by atoms with E-state index >= 15 is 0 Å². The van der Waals surface area contributed by atoms with Crippen LogP contribution in [-0.4, -0.2) is 28.0 Å². The molecule has 4 rings (SSSR count). The van der Waals surface area contributed by atoms with E-state index < -0.39 is 0 Å². The summed E-state index contributed by atoms with van der Waals surface area (Å²) >= 11 is 1.63. The molecule has 31 heavy (non-hydrogen) atoms. The van der Waals surface area contributed by atoms with Crippen LogP contribution in [0, 0.1) is 13.8 Å². The van der Waals surface area contributed by atoms with E-state index in [1.165, 1.54) is 0 Å². The Morgan fingerprint density at radius 1 is 1.16 bits per heavy atom. The van der Waals surface area contributed by atoms with Crippen LogP contribution in [0.3, 0.4) is 0 Å². The fourth-order valence-corrected chi connectivity index (χ4v) is 4.38. The second kappa shape index (κ2) is 8.89. The predicted molar refractivity (Wildman–Crippen MR) is 121 cm³/mol. The molecular weight excluding hydrogens is 410 g/mol. The van der Waals surface area contributed by atoms with Gasteiger partial charge in [0.1, 0.15) is 23.1 Å². The number of aryl methyl sites for hydroxylation is 2. The predicted octanol–water partition coefficient (Wildman–Crippen LogP) is 5.24.